The molecular weight excluding hydrogens is 299 g/mol. The molecule has 1 aromatic rings. The van der Waals surface area contributed by atoms with Gasteiger partial charge >= 0.3 is 0 Å². The first-order chi connectivity index (χ1) is 9.74. The maximum atomic E-state index is 13.9. The fourth-order valence-corrected chi connectivity index (χ4v) is 3.13. The molecule has 1 heterocycles. The van der Waals surface area contributed by atoms with Crippen LogP contribution in [-0.4, -0.2) is 39.4 Å². The number of benzene rings is 1. The summed E-state index contributed by atoms with van der Waals surface area (Å²) in [6.07, 6.45) is 0.867. The van der Waals surface area contributed by atoms with Crippen molar-refractivity contribution >= 4 is 15.9 Å². The highest BCUT2D eigenvalue weighted by atomic mass is 32.2. The molecule has 1 saturated heterocycles. The van der Waals surface area contributed by atoms with Crippen molar-refractivity contribution in [1.82, 2.24) is 4.90 Å². The fourth-order valence-electron chi connectivity index (χ4n) is 2.40. The number of nitrogens with two attached hydrogens (primary N) is 1. The van der Waals surface area contributed by atoms with Crippen LogP contribution in [0.2, 0.25) is 0 Å². The Morgan fingerprint density at radius 1 is 1.48 bits per heavy atom. The third kappa shape index (κ3) is 3.16. The number of sulfonamides is 1. The number of nitrogens with zero attached hydrogens (tertiary/aromatic N) is 1. The molecule has 0 bridgehead atoms. The van der Waals surface area contributed by atoms with Gasteiger partial charge < -0.3 is 9.64 Å². The van der Waals surface area contributed by atoms with Crippen LogP contribution in [0.1, 0.15) is 23.7 Å². The van der Waals surface area contributed by atoms with Gasteiger partial charge in [0.2, 0.25) is 10.0 Å². The number of hydrogen-bond acceptors (Lipinski definition) is 4. The molecule has 2 N–H and O–H groups in total. The zero-order chi connectivity index (χ0) is 15.8. The topological polar surface area (TPSA) is 89.7 Å². The number of likely N-dealkylation sites (tertiary alicyclic amines) is 1. The number of methoxy groups -OCH3 is 1. The average Bonchev–Trinajstić information content (AvgIpc) is 2.82. The Bertz CT molecular complexity index is 675. The van der Waals surface area contributed by atoms with E-state index in [1.165, 1.54) is 0 Å². The van der Waals surface area contributed by atoms with E-state index in [2.05, 4.69) is 0 Å². The summed E-state index contributed by atoms with van der Waals surface area (Å²) in [4.78, 5) is 13.3. The normalized spacial score (nSPS) is 18.9. The standard InChI is InChI=1S/C13H17FN2O4S/c1-8-3-4-16(7-8)13(17)9-5-10(14)12(20-2)11(6-9)21(15,18)19/h5-6,8H,3-4,7H2,1-2H3,(H2,15,18,19). The van der Waals surface area contributed by atoms with E-state index in [0.29, 0.717) is 19.0 Å². The Balaban J connectivity index is 2.46. The van der Waals surface area contributed by atoms with Crippen molar-refractivity contribution in [2.45, 2.75) is 18.2 Å². The lowest BCUT2D eigenvalue weighted by atomic mass is 10.1. The summed E-state index contributed by atoms with van der Waals surface area (Å²) in [5, 5.41) is 5.05. The SMILES string of the molecule is COc1c(F)cc(C(=O)N2CCC(C)C2)cc1S(N)(=O)=O. The fraction of sp³-hybridized carbons (Fsp3) is 0.462. The maximum absolute atomic E-state index is 13.9. The van der Waals surface area contributed by atoms with Gasteiger partial charge in [-0.15, -0.1) is 0 Å². The van der Waals surface area contributed by atoms with Crippen LogP contribution in [0, 0.1) is 11.7 Å². The molecule has 1 fully saturated rings. The summed E-state index contributed by atoms with van der Waals surface area (Å²) in [5.41, 5.74) is -0.0496. The van der Waals surface area contributed by atoms with E-state index in [9.17, 15) is 17.6 Å². The Labute approximate surface area is 122 Å². The van der Waals surface area contributed by atoms with Gasteiger partial charge in [-0.3, -0.25) is 4.79 Å². The third-order valence-corrected chi connectivity index (χ3v) is 4.39. The molecule has 1 atom stereocenters. The zero-order valence-electron chi connectivity index (χ0n) is 11.8. The summed E-state index contributed by atoms with van der Waals surface area (Å²) in [5.74, 6) is -1.45. The molecule has 1 unspecified atom stereocenters. The van der Waals surface area contributed by atoms with E-state index in [1.54, 1.807) is 4.90 Å². The predicted molar refractivity (Wildman–Crippen MR) is 74.0 cm³/mol. The van der Waals surface area contributed by atoms with Gasteiger partial charge in [-0.25, -0.2) is 17.9 Å². The predicted octanol–water partition coefficient (Wildman–Crippen LogP) is 0.964. The lowest BCUT2D eigenvalue weighted by Crippen LogP contribution is -2.29. The van der Waals surface area contributed by atoms with E-state index >= 15 is 0 Å². The smallest absolute Gasteiger partial charge is 0.254 e. The highest BCUT2D eigenvalue weighted by Gasteiger charge is 2.27. The molecule has 0 radical (unpaired) electrons. The Hall–Kier alpha value is -1.67. The number of halogens is 1. The second-order valence-electron chi connectivity index (χ2n) is 5.18. The van der Waals surface area contributed by atoms with Crippen molar-refractivity contribution in [3.8, 4) is 5.75 Å². The van der Waals surface area contributed by atoms with Crippen LogP contribution >= 0.6 is 0 Å². The van der Waals surface area contributed by atoms with Crippen LogP contribution in [0.15, 0.2) is 17.0 Å². The van der Waals surface area contributed by atoms with Gasteiger partial charge in [-0.2, -0.15) is 0 Å². The first kappa shape index (κ1) is 15.7. The molecular formula is C13H17FN2O4S. The minimum Gasteiger partial charge on any atom is -0.492 e. The van der Waals surface area contributed by atoms with Crippen molar-refractivity contribution in [3.05, 3.63) is 23.5 Å². The van der Waals surface area contributed by atoms with Crippen LogP contribution in [0.3, 0.4) is 0 Å². The molecule has 0 aromatic heterocycles. The number of carbonyl (C=O) groups excluding carboxylic acids is 1. The average molecular weight is 316 g/mol. The van der Waals surface area contributed by atoms with Gasteiger partial charge in [0, 0.05) is 18.7 Å². The number of hydrogen-bond donors (Lipinski definition) is 1. The maximum Gasteiger partial charge on any atom is 0.254 e. The van der Waals surface area contributed by atoms with Crippen LogP contribution in [-0.2, 0) is 10.0 Å². The van der Waals surface area contributed by atoms with E-state index in [1.807, 2.05) is 6.92 Å². The van der Waals surface area contributed by atoms with Crippen molar-refractivity contribution < 1.29 is 22.3 Å². The Morgan fingerprint density at radius 3 is 2.62 bits per heavy atom. The molecule has 8 heteroatoms. The second-order valence-corrected chi connectivity index (χ2v) is 6.71. The van der Waals surface area contributed by atoms with Crippen molar-refractivity contribution in [2.24, 2.45) is 11.1 Å². The van der Waals surface area contributed by atoms with E-state index < -0.39 is 32.4 Å². The third-order valence-electron chi connectivity index (χ3n) is 3.48. The van der Waals surface area contributed by atoms with Crippen molar-refractivity contribution in [3.63, 3.8) is 0 Å². The van der Waals surface area contributed by atoms with E-state index in [0.717, 1.165) is 25.7 Å². The molecule has 1 aromatic carbocycles. The van der Waals surface area contributed by atoms with Gasteiger partial charge in [0.1, 0.15) is 4.90 Å². The van der Waals surface area contributed by atoms with Crippen molar-refractivity contribution in [1.29, 1.82) is 0 Å². The molecule has 1 amide bonds. The summed E-state index contributed by atoms with van der Waals surface area (Å²) >= 11 is 0. The van der Waals surface area contributed by atoms with Crippen LogP contribution in [0.5, 0.6) is 5.75 Å². The molecule has 1 aliphatic rings. The summed E-state index contributed by atoms with van der Waals surface area (Å²) < 4.78 is 41.7. The van der Waals surface area contributed by atoms with Crippen LogP contribution in [0.25, 0.3) is 0 Å². The van der Waals surface area contributed by atoms with Gasteiger partial charge in [0.25, 0.3) is 5.91 Å². The van der Waals surface area contributed by atoms with Gasteiger partial charge in [-0.1, -0.05) is 6.92 Å². The zero-order valence-corrected chi connectivity index (χ0v) is 12.6. The lowest BCUT2D eigenvalue weighted by Gasteiger charge is -2.17. The molecule has 21 heavy (non-hydrogen) atoms. The van der Waals surface area contributed by atoms with Crippen molar-refractivity contribution in [2.75, 3.05) is 20.2 Å². The first-order valence-electron chi connectivity index (χ1n) is 6.43. The summed E-state index contributed by atoms with van der Waals surface area (Å²) in [6, 6.07) is 2.03. The Morgan fingerprint density at radius 2 is 2.14 bits per heavy atom. The highest BCUT2D eigenvalue weighted by molar-refractivity contribution is 7.89. The summed E-state index contributed by atoms with van der Waals surface area (Å²) in [7, 11) is -3.06. The number of amides is 1. The minimum absolute atomic E-state index is 0.0496. The molecule has 6 nitrogen and oxygen atoms in total. The highest BCUT2D eigenvalue weighted by Crippen LogP contribution is 2.29. The molecule has 0 saturated carbocycles. The number of ether oxygens (including phenoxy) is 1. The lowest BCUT2D eigenvalue weighted by molar-refractivity contribution is 0.0787. The molecule has 116 valence electrons. The van der Waals surface area contributed by atoms with Crippen LogP contribution < -0.4 is 9.88 Å². The van der Waals surface area contributed by atoms with E-state index in [-0.39, 0.29) is 5.56 Å². The number of rotatable bonds is 3. The quantitative estimate of drug-likeness (QED) is 0.899. The Kier molecular flexibility index (Phi) is 4.20. The van der Waals surface area contributed by atoms with Gasteiger partial charge in [0.05, 0.1) is 7.11 Å². The van der Waals surface area contributed by atoms with Gasteiger partial charge in [0.15, 0.2) is 11.6 Å². The number of primary sulfonamides is 1. The van der Waals surface area contributed by atoms with Crippen LogP contribution in [0.4, 0.5) is 4.39 Å². The minimum atomic E-state index is -4.19. The molecule has 0 spiro atoms. The first-order valence-corrected chi connectivity index (χ1v) is 7.98. The molecule has 0 aliphatic carbocycles. The van der Waals surface area contributed by atoms with E-state index in [4.69, 9.17) is 9.88 Å². The monoisotopic (exact) mass is 316 g/mol. The summed E-state index contributed by atoms with van der Waals surface area (Å²) in [6.45, 7) is 3.15. The second kappa shape index (κ2) is 5.61. The molecule has 2 rings (SSSR count). The van der Waals surface area contributed by atoms with Gasteiger partial charge in [-0.05, 0) is 24.5 Å². The largest absolute Gasteiger partial charge is 0.492 e. The molecule has 1 aliphatic heterocycles. The number of carbonyl (C=O) groups is 1.